The Kier molecular flexibility index (Phi) is 4.19. The molecule has 0 bridgehead atoms. The number of nitrogens with two attached hydrogens (primary N) is 1. The van der Waals surface area contributed by atoms with E-state index in [0.717, 1.165) is 26.1 Å². The molecule has 4 heteroatoms. The Labute approximate surface area is 116 Å². The molecule has 0 aromatic rings. The smallest absolute Gasteiger partial charge is 0.404 e. The third-order valence-corrected chi connectivity index (χ3v) is 4.58. The quantitative estimate of drug-likeness (QED) is 0.799. The number of ether oxygens (including phenoxy) is 1. The number of amides is 1. The van der Waals surface area contributed by atoms with Gasteiger partial charge in [-0.1, -0.05) is 25.0 Å². The fourth-order valence-corrected chi connectivity index (χ4v) is 3.45. The van der Waals surface area contributed by atoms with E-state index in [1.807, 2.05) is 0 Å². The zero-order valence-electron chi connectivity index (χ0n) is 12.4. The van der Waals surface area contributed by atoms with Crippen molar-refractivity contribution in [2.75, 3.05) is 19.6 Å². The van der Waals surface area contributed by atoms with Crippen molar-refractivity contribution >= 4 is 6.09 Å². The number of nitrogens with zero attached hydrogens (tertiary/aromatic N) is 1. The number of carbonyl (C=O) groups is 1. The van der Waals surface area contributed by atoms with Gasteiger partial charge in [-0.25, -0.2) is 4.79 Å². The van der Waals surface area contributed by atoms with Crippen molar-refractivity contribution in [2.45, 2.75) is 52.6 Å². The number of allylic oxidation sites excluding steroid dienone is 1. The second-order valence-electron chi connectivity index (χ2n) is 6.58. The highest BCUT2D eigenvalue weighted by Crippen LogP contribution is 2.40. The van der Waals surface area contributed by atoms with Gasteiger partial charge in [-0.15, -0.1) is 0 Å². The lowest BCUT2D eigenvalue weighted by Crippen LogP contribution is -2.33. The van der Waals surface area contributed by atoms with E-state index < -0.39 is 6.09 Å². The van der Waals surface area contributed by atoms with Crippen LogP contribution >= 0.6 is 0 Å². The van der Waals surface area contributed by atoms with Crippen LogP contribution in [-0.4, -0.2) is 36.7 Å². The summed E-state index contributed by atoms with van der Waals surface area (Å²) >= 11 is 0. The van der Waals surface area contributed by atoms with Crippen LogP contribution in [0.15, 0.2) is 11.1 Å². The molecule has 1 aliphatic carbocycles. The Balaban J connectivity index is 1.96. The highest BCUT2D eigenvalue weighted by molar-refractivity contribution is 5.64. The summed E-state index contributed by atoms with van der Waals surface area (Å²) in [6, 6.07) is 0. The molecule has 1 atom stereocenters. The van der Waals surface area contributed by atoms with Crippen LogP contribution in [0.4, 0.5) is 4.79 Å². The van der Waals surface area contributed by atoms with Gasteiger partial charge in [-0.05, 0) is 38.0 Å². The van der Waals surface area contributed by atoms with E-state index in [0.29, 0.717) is 5.41 Å². The van der Waals surface area contributed by atoms with E-state index in [2.05, 4.69) is 25.7 Å². The van der Waals surface area contributed by atoms with Gasteiger partial charge in [0.1, 0.15) is 6.10 Å². The van der Waals surface area contributed by atoms with Gasteiger partial charge < -0.3 is 10.5 Å². The number of likely N-dealkylation sites (tertiary alicyclic amines) is 1. The third kappa shape index (κ3) is 3.50. The molecule has 2 aliphatic rings. The Hall–Kier alpha value is -1.03. The molecule has 1 heterocycles. The molecule has 0 aromatic heterocycles. The molecule has 19 heavy (non-hydrogen) atoms. The number of carbonyl (C=O) groups excluding carboxylic acids is 1. The second-order valence-corrected chi connectivity index (χ2v) is 6.58. The summed E-state index contributed by atoms with van der Waals surface area (Å²) in [5.74, 6) is 0. The van der Waals surface area contributed by atoms with Gasteiger partial charge >= 0.3 is 6.09 Å². The standard InChI is InChI=1S/C15H26N2O2/c1-11-5-4-7-15(2,3)13(11)10-17-8-6-12(9-17)19-14(16)18/h12H,4-10H2,1-3H3,(H2,16,18)/t12-/m1/s1. The van der Waals surface area contributed by atoms with E-state index >= 15 is 0 Å². The Morgan fingerprint density at radius 2 is 2.26 bits per heavy atom. The Morgan fingerprint density at radius 1 is 1.53 bits per heavy atom. The largest absolute Gasteiger partial charge is 0.445 e. The molecule has 0 spiro atoms. The Morgan fingerprint density at radius 3 is 2.89 bits per heavy atom. The molecule has 0 unspecified atom stereocenters. The predicted octanol–water partition coefficient (Wildman–Crippen LogP) is 2.68. The summed E-state index contributed by atoms with van der Waals surface area (Å²) in [4.78, 5) is 13.2. The van der Waals surface area contributed by atoms with Crippen molar-refractivity contribution in [3.63, 3.8) is 0 Å². The van der Waals surface area contributed by atoms with Crippen LogP contribution in [0.2, 0.25) is 0 Å². The zero-order valence-corrected chi connectivity index (χ0v) is 12.4. The number of primary amides is 1. The van der Waals surface area contributed by atoms with Crippen molar-refractivity contribution in [1.29, 1.82) is 0 Å². The summed E-state index contributed by atoms with van der Waals surface area (Å²) in [5, 5.41) is 0. The first-order chi connectivity index (χ1) is 8.88. The van der Waals surface area contributed by atoms with Gasteiger partial charge in [-0.3, -0.25) is 4.90 Å². The van der Waals surface area contributed by atoms with Crippen molar-refractivity contribution < 1.29 is 9.53 Å². The number of hydrogen-bond donors (Lipinski definition) is 1. The minimum atomic E-state index is -0.653. The normalized spacial score (nSPS) is 27.6. The van der Waals surface area contributed by atoms with Gasteiger partial charge in [0.05, 0.1) is 0 Å². The molecule has 1 saturated heterocycles. The van der Waals surface area contributed by atoms with E-state index in [4.69, 9.17) is 10.5 Å². The molecule has 1 aliphatic heterocycles. The summed E-state index contributed by atoms with van der Waals surface area (Å²) in [6.07, 6.45) is 4.03. The van der Waals surface area contributed by atoms with Crippen molar-refractivity contribution in [3.8, 4) is 0 Å². The lowest BCUT2D eigenvalue weighted by atomic mass is 9.72. The highest BCUT2D eigenvalue weighted by atomic mass is 16.6. The maximum Gasteiger partial charge on any atom is 0.404 e. The first-order valence-electron chi connectivity index (χ1n) is 7.26. The fraction of sp³-hybridized carbons (Fsp3) is 0.800. The third-order valence-electron chi connectivity index (χ3n) is 4.58. The van der Waals surface area contributed by atoms with Crippen molar-refractivity contribution in [3.05, 3.63) is 11.1 Å². The monoisotopic (exact) mass is 266 g/mol. The van der Waals surface area contributed by atoms with Gasteiger partial charge in [0.2, 0.25) is 0 Å². The summed E-state index contributed by atoms with van der Waals surface area (Å²) in [7, 11) is 0. The fourth-order valence-electron chi connectivity index (χ4n) is 3.45. The molecule has 108 valence electrons. The average molecular weight is 266 g/mol. The molecular formula is C15H26N2O2. The molecule has 0 aromatic carbocycles. The van der Waals surface area contributed by atoms with Crippen molar-refractivity contribution in [1.82, 2.24) is 4.90 Å². The molecule has 2 N–H and O–H groups in total. The molecular weight excluding hydrogens is 240 g/mol. The van der Waals surface area contributed by atoms with Crippen LogP contribution < -0.4 is 5.73 Å². The topological polar surface area (TPSA) is 55.6 Å². The van der Waals surface area contributed by atoms with E-state index in [9.17, 15) is 4.79 Å². The van der Waals surface area contributed by atoms with Crippen LogP contribution in [0.3, 0.4) is 0 Å². The van der Waals surface area contributed by atoms with E-state index in [1.165, 1.54) is 19.3 Å². The van der Waals surface area contributed by atoms with Crippen molar-refractivity contribution in [2.24, 2.45) is 11.1 Å². The zero-order chi connectivity index (χ0) is 14.0. The number of hydrogen-bond acceptors (Lipinski definition) is 3. The summed E-state index contributed by atoms with van der Waals surface area (Å²) in [5.41, 5.74) is 8.52. The predicted molar refractivity (Wildman–Crippen MR) is 75.8 cm³/mol. The SMILES string of the molecule is CC1=C(CN2CC[C@@H](OC(N)=O)C2)C(C)(C)CCC1. The second kappa shape index (κ2) is 5.53. The number of rotatable bonds is 3. The van der Waals surface area contributed by atoms with E-state index in [-0.39, 0.29) is 6.10 Å². The minimum absolute atomic E-state index is 0.0230. The lowest BCUT2D eigenvalue weighted by molar-refractivity contribution is 0.109. The summed E-state index contributed by atoms with van der Waals surface area (Å²) < 4.78 is 5.09. The van der Waals surface area contributed by atoms with Crippen LogP contribution in [0.1, 0.15) is 46.5 Å². The molecule has 1 amide bonds. The van der Waals surface area contributed by atoms with Crippen LogP contribution in [0.5, 0.6) is 0 Å². The minimum Gasteiger partial charge on any atom is -0.445 e. The van der Waals surface area contributed by atoms with Crippen LogP contribution in [0, 0.1) is 5.41 Å². The van der Waals surface area contributed by atoms with Gasteiger partial charge in [0.15, 0.2) is 0 Å². The molecule has 0 saturated carbocycles. The summed E-state index contributed by atoms with van der Waals surface area (Å²) in [6.45, 7) is 9.78. The first kappa shape index (κ1) is 14.4. The van der Waals surface area contributed by atoms with E-state index in [1.54, 1.807) is 11.1 Å². The molecule has 2 rings (SSSR count). The van der Waals surface area contributed by atoms with Gasteiger partial charge in [0, 0.05) is 19.6 Å². The maximum absolute atomic E-state index is 10.8. The van der Waals surface area contributed by atoms with Gasteiger partial charge in [-0.2, -0.15) is 0 Å². The van der Waals surface area contributed by atoms with Gasteiger partial charge in [0.25, 0.3) is 0 Å². The Bertz CT molecular complexity index is 388. The molecule has 4 nitrogen and oxygen atoms in total. The lowest BCUT2D eigenvalue weighted by Gasteiger charge is -2.36. The molecule has 0 radical (unpaired) electrons. The average Bonchev–Trinajstić information content (AvgIpc) is 2.70. The highest BCUT2D eigenvalue weighted by Gasteiger charge is 2.32. The van der Waals surface area contributed by atoms with Crippen LogP contribution in [-0.2, 0) is 4.74 Å². The maximum atomic E-state index is 10.8. The van der Waals surface area contributed by atoms with Crippen LogP contribution in [0.25, 0.3) is 0 Å². The first-order valence-corrected chi connectivity index (χ1v) is 7.26. The molecule has 1 fully saturated rings.